The zero-order valence-electron chi connectivity index (χ0n) is 39.8. The molecule has 366 valence electrons. The van der Waals surface area contributed by atoms with Crippen molar-refractivity contribution in [1.82, 2.24) is 15.1 Å². The molecule has 16 heteroatoms. The summed E-state index contributed by atoms with van der Waals surface area (Å²) in [5, 5.41) is 22.6. The van der Waals surface area contributed by atoms with Crippen LogP contribution in [0.25, 0.3) is 0 Å². The number of likely N-dealkylation sites (tertiary alicyclic amines) is 2. The Morgan fingerprint density at radius 3 is 2.06 bits per heavy atom. The highest BCUT2D eigenvalue weighted by atomic mass is 31.2. The van der Waals surface area contributed by atoms with E-state index in [1.54, 1.807) is 25.7 Å². The molecule has 15 nitrogen and oxygen atoms in total. The Balaban J connectivity index is 0.000000309. The highest BCUT2D eigenvalue weighted by Gasteiger charge is 2.49. The smallest absolute Gasteiger partial charge is 0.326 e. The minimum atomic E-state index is -3.60. The van der Waals surface area contributed by atoms with Crippen LogP contribution in [0.5, 0.6) is 0 Å². The Morgan fingerprint density at radius 1 is 0.815 bits per heavy atom. The number of ether oxygens (including phenoxy) is 2. The lowest BCUT2D eigenvalue weighted by atomic mass is 9.79. The van der Waals surface area contributed by atoms with E-state index in [0.717, 1.165) is 70.6 Å². The molecular weight excluding hydrogens is 854 g/mol. The van der Waals surface area contributed by atoms with E-state index in [1.165, 1.54) is 16.9 Å². The average Bonchev–Trinajstić information content (AvgIpc) is 3.92. The van der Waals surface area contributed by atoms with Crippen LogP contribution in [0.15, 0.2) is 30.3 Å². The summed E-state index contributed by atoms with van der Waals surface area (Å²) in [4.78, 5) is 77.7. The fourth-order valence-corrected chi connectivity index (χ4v) is 12.5. The van der Waals surface area contributed by atoms with Gasteiger partial charge in [-0.2, -0.15) is 0 Å². The molecule has 9 atom stereocenters. The topological polar surface area (TPSA) is 206 Å². The molecule has 2 saturated heterocycles. The van der Waals surface area contributed by atoms with Crippen LogP contribution in [0.3, 0.4) is 0 Å². The van der Waals surface area contributed by atoms with Gasteiger partial charge in [0.25, 0.3) is 0 Å². The molecule has 2 aliphatic heterocycles. The van der Waals surface area contributed by atoms with Crippen molar-refractivity contribution in [2.24, 2.45) is 23.7 Å². The minimum absolute atomic E-state index is 0.00817. The summed E-state index contributed by atoms with van der Waals surface area (Å²) >= 11 is 0. The highest BCUT2D eigenvalue weighted by molar-refractivity contribution is 7.59. The Hall–Kier alpha value is -3.81. The molecule has 4 aliphatic rings. The zero-order valence-corrected chi connectivity index (χ0v) is 40.7. The van der Waals surface area contributed by atoms with Crippen molar-refractivity contribution in [1.29, 1.82) is 0 Å². The fourth-order valence-electron chi connectivity index (χ4n) is 10.2. The first kappa shape index (κ1) is 53.8. The van der Waals surface area contributed by atoms with Gasteiger partial charge in [-0.05, 0) is 88.5 Å². The molecule has 0 spiro atoms. The van der Waals surface area contributed by atoms with Gasteiger partial charge in [-0.3, -0.25) is 33.6 Å². The van der Waals surface area contributed by atoms with E-state index >= 15 is 0 Å². The van der Waals surface area contributed by atoms with E-state index in [1.807, 2.05) is 51.1 Å². The monoisotopic (exact) mass is 932 g/mol. The number of esters is 2. The molecule has 5 rings (SSSR count). The third kappa shape index (κ3) is 15.9. The maximum atomic E-state index is 14.2. The van der Waals surface area contributed by atoms with E-state index < -0.39 is 61.6 Å². The molecule has 1 unspecified atom stereocenters. The van der Waals surface area contributed by atoms with Crippen molar-refractivity contribution in [2.75, 3.05) is 25.5 Å². The number of aryl methyl sites for hydroxylation is 1. The number of carboxylic acid groups (broad SMARTS) is 2. The van der Waals surface area contributed by atoms with Crippen LogP contribution >= 0.6 is 7.37 Å². The fraction of sp³-hybridized carbons (Fsp3) is 0.755. The third-order valence-corrected chi connectivity index (χ3v) is 16.0. The number of hydrogen-bond donors (Lipinski definition) is 3. The van der Waals surface area contributed by atoms with E-state index in [2.05, 4.69) is 5.32 Å². The number of carbonyl (C=O) groups is 6. The van der Waals surface area contributed by atoms with Crippen LogP contribution in [-0.4, -0.2) is 118 Å². The van der Waals surface area contributed by atoms with Crippen molar-refractivity contribution >= 4 is 43.1 Å². The summed E-state index contributed by atoms with van der Waals surface area (Å²) in [6, 6.07) is 7.17. The lowest BCUT2D eigenvalue weighted by molar-refractivity contribution is -0.169. The zero-order chi connectivity index (χ0) is 47.7. The van der Waals surface area contributed by atoms with Crippen molar-refractivity contribution in [3.63, 3.8) is 0 Å². The number of amides is 2. The largest absolute Gasteiger partial charge is 0.480 e. The standard InChI is InChI=1S/C30H46NO7P.C19H32N2O5/c1-4-28(33)37-30(22(2)3)38-39(36,18-12-11-15-23-13-7-5-8-14-23)21-27(32)31-20-25(19-26(31)29(34)35)24-16-9-6-10-17-24;1-4-8-14(19(25)26-5-2)20-12(3)17(22)21-15-10-7-6-9-13(15)11-16(21)18(23)24/h5,7-8,13-14,22,24-26,30H,4,6,9-12,15-21H2,1-3H3,(H,34,35);12-16,20H,4-11H2,1-3H3,(H,23,24)/t25-,26+,30?,39-;12-,13-,14-,15-,16-/m10/s1. The van der Waals surface area contributed by atoms with Crippen molar-refractivity contribution < 1.29 is 57.5 Å². The Labute approximate surface area is 386 Å². The number of carboxylic acids is 2. The second kappa shape index (κ2) is 26.5. The molecule has 1 aromatic rings. The number of hydrogen-bond acceptors (Lipinski definition) is 11. The van der Waals surface area contributed by atoms with Gasteiger partial charge in [0.05, 0.1) is 12.6 Å². The summed E-state index contributed by atoms with van der Waals surface area (Å²) < 4.78 is 30.8. The van der Waals surface area contributed by atoms with Crippen molar-refractivity contribution in [2.45, 2.75) is 187 Å². The van der Waals surface area contributed by atoms with E-state index in [9.17, 15) is 43.5 Å². The van der Waals surface area contributed by atoms with Crippen LogP contribution in [0.1, 0.15) is 150 Å². The lowest BCUT2D eigenvalue weighted by Gasteiger charge is -2.35. The molecule has 1 aromatic carbocycles. The molecule has 0 bridgehead atoms. The number of benzene rings is 1. The summed E-state index contributed by atoms with van der Waals surface area (Å²) in [5.41, 5.74) is 1.18. The predicted octanol–water partition coefficient (Wildman–Crippen LogP) is 8.06. The van der Waals surface area contributed by atoms with Gasteiger partial charge < -0.3 is 29.5 Å². The van der Waals surface area contributed by atoms with Crippen molar-refractivity contribution in [3.8, 4) is 0 Å². The molecule has 0 radical (unpaired) electrons. The van der Waals surface area contributed by atoms with Gasteiger partial charge in [-0.25, -0.2) is 9.59 Å². The molecule has 3 N–H and O–H groups in total. The summed E-state index contributed by atoms with van der Waals surface area (Å²) in [6.45, 7) is 11.4. The normalized spacial score (nSPS) is 24.4. The SMILES string of the molecule is CCC(=O)OC(O[P@](=O)(CCCCc1ccccc1)CC(=O)N1C[C@H](C2CCCCC2)C[C@H]1C(=O)O)C(C)C.CCC[C@H](N[C@@H](C)C(=O)N1[C@H](C(=O)O)C[C@@H]2CCCC[C@@H]21)C(=O)OCC. The predicted molar refractivity (Wildman–Crippen MR) is 247 cm³/mol. The second-order valence-electron chi connectivity index (χ2n) is 18.9. The van der Waals surface area contributed by atoms with Gasteiger partial charge in [0.15, 0.2) is 0 Å². The first-order chi connectivity index (χ1) is 31.0. The molecule has 2 aliphatic carbocycles. The Bertz CT molecular complexity index is 1760. The number of carbonyl (C=O) groups excluding carboxylic acids is 4. The van der Waals surface area contributed by atoms with Crippen LogP contribution in [0, 0.1) is 23.7 Å². The first-order valence-electron chi connectivity index (χ1n) is 24.5. The molecule has 2 heterocycles. The quantitative estimate of drug-likeness (QED) is 0.0436. The number of unbranched alkanes of at least 4 members (excludes halogenated alkanes) is 1. The van der Waals surface area contributed by atoms with Gasteiger partial charge in [0, 0.05) is 31.1 Å². The molecule has 65 heavy (non-hydrogen) atoms. The summed E-state index contributed by atoms with van der Waals surface area (Å²) in [6.07, 6.45) is 13.0. The molecule has 2 saturated carbocycles. The minimum Gasteiger partial charge on any atom is -0.480 e. The summed E-state index contributed by atoms with van der Waals surface area (Å²) in [5.74, 6) is -2.85. The average molecular weight is 932 g/mol. The van der Waals surface area contributed by atoms with Crippen molar-refractivity contribution in [3.05, 3.63) is 35.9 Å². The number of fused-ring (bicyclic) bond motifs is 1. The molecular formula is C49H78N3O12P. The Kier molecular flexibility index (Phi) is 21.9. The van der Waals surface area contributed by atoms with E-state index in [0.29, 0.717) is 44.8 Å². The maximum Gasteiger partial charge on any atom is 0.326 e. The first-order valence-corrected chi connectivity index (χ1v) is 26.5. The third-order valence-electron chi connectivity index (χ3n) is 13.7. The van der Waals surface area contributed by atoms with Crippen LogP contribution in [0.2, 0.25) is 0 Å². The Morgan fingerprint density at radius 2 is 1.45 bits per heavy atom. The highest BCUT2D eigenvalue weighted by Crippen LogP contribution is 2.51. The molecule has 4 fully saturated rings. The van der Waals surface area contributed by atoms with Gasteiger partial charge in [0.1, 0.15) is 24.3 Å². The van der Waals surface area contributed by atoms with Gasteiger partial charge in [0.2, 0.25) is 25.5 Å². The number of aliphatic carboxylic acids is 2. The maximum absolute atomic E-state index is 14.2. The van der Waals surface area contributed by atoms with Gasteiger partial charge in [-0.15, -0.1) is 0 Å². The van der Waals surface area contributed by atoms with Crippen LogP contribution < -0.4 is 5.32 Å². The number of rotatable bonds is 22. The molecule has 0 aromatic heterocycles. The van der Waals surface area contributed by atoms with Crippen LogP contribution in [-0.2, 0) is 53.8 Å². The van der Waals surface area contributed by atoms with Gasteiger partial charge >= 0.3 is 23.9 Å². The molecule has 2 amide bonds. The van der Waals surface area contributed by atoms with Gasteiger partial charge in [-0.1, -0.05) is 109 Å². The number of nitrogens with zero attached hydrogens (tertiary/aromatic N) is 2. The lowest BCUT2D eigenvalue weighted by Crippen LogP contribution is -2.55. The number of nitrogens with one attached hydrogen (secondary N) is 1. The van der Waals surface area contributed by atoms with E-state index in [-0.39, 0.29) is 54.4 Å². The van der Waals surface area contributed by atoms with E-state index in [4.69, 9.17) is 14.0 Å². The summed E-state index contributed by atoms with van der Waals surface area (Å²) in [7, 11) is -3.60. The van der Waals surface area contributed by atoms with Crippen LogP contribution in [0.4, 0.5) is 0 Å². The second-order valence-corrected chi connectivity index (χ2v) is 21.5.